The van der Waals surface area contributed by atoms with Crippen LogP contribution in [0.15, 0.2) is 65.7 Å². The van der Waals surface area contributed by atoms with Crippen LogP contribution < -0.4 is 5.73 Å². The molecular weight excluding hydrogens is 283 g/mol. The average molecular weight is 298 g/mol. The summed E-state index contributed by atoms with van der Waals surface area (Å²) >= 11 is 1.56. The molecule has 4 heteroatoms. The number of nitrogens with zero attached hydrogens (tertiary/aromatic N) is 1. The van der Waals surface area contributed by atoms with Crippen LogP contribution in [0.2, 0.25) is 0 Å². The second kappa shape index (κ2) is 6.24. The zero-order chi connectivity index (χ0) is 14.7. The highest BCUT2D eigenvalue weighted by molar-refractivity contribution is 7.99. The molecule has 21 heavy (non-hydrogen) atoms. The highest BCUT2D eigenvalue weighted by Crippen LogP contribution is 2.27. The van der Waals surface area contributed by atoms with Gasteiger partial charge in [-0.05, 0) is 35.9 Å². The van der Waals surface area contributed by atoms with Crippen LogP contribution in [0.4, 0.5) is 4.39 Å². The van der Waals surface area contributed by atoms with Crippen LogP contribution >= 0.6 is 11.8 Å². The van der Waals surface area contributed by atoms with Crippen LogP contribution in [-0.4, -0.2) is 10.7 Å². The molecule has 0 aliphatic rings. The van der Waals surface area contributed by atoms with E-state index in [4.69, 9.17) is 5.73 Å². The Morgan fingerprint density at radius 1 is 1.10 bits per heavy atom. The van der Waals surface area contributed by atoms with Crippen molar-refractivity contribution in [2.24, 2.45) is 5.73 Å². The minimum atomic E-state index is -0.220. The zero-order valence-electron chi connectivity index (χ0n) is 11.4. The van der Waals surface area contributed by atoms with E-state index in [-0.39, 0.29) is 11.9 Å². The molecule has 1 heterocycles. The first-order valence-electron chi connectivity index (χ1n) is 6.71. The molecule has 0 aliphatic heterocycles. The molecule has 2 aromatic carbocycles. The maximum Gasteiger partial charge on any atom is 0.124 e. The van der Waals surface area contributed by atoms with Crippen LogP contribution in [-0.2, 0) is 0 Å². The maximum atomic E-state index is 13.2. The Morgan fingerprint density at radius 2 is 1.95 bits per heavy atom. The predicted octanol–water partition coefficient (Wildman–Crippen LogP) is 4.17. The molecule has 3 aromatic rings. The minimum absolute atomic E-state index is 0.119. The summed E-state index contributed by atoms with van der Waals surface area (Å²) in [5.74, 6) is 0.472. The largest absolute Gasteiger partial charge is 0.323 e. The number of nitrogens with two attached hydrogens (primary N) is 1. The molecule has 2 N–H and O–H groups in total. The van der Waals surface area contributed by atoms with Gasteiger partial charge in [0.05, 0.1) is 5.52 Å². The van der Waals surface area contributed by atoms with Crippen molar-refractivity contribution in [3.8, 4) is 0 Å². The van der Waals surface area contributed by atoms with Gasteiger partial charge in [0.25, 0.3) is 0 Å². The number of pyridine rings is 1. The summed E-state index contributed by atoms with van der Waals surface area (Å²) < 4.78 is 13.2. The van der Waals surface area contributed by atoms with Crippen LogP contribution in [0, 0.1) is 5.82 Å². The Kier molecular flexibility index (Phi) is 4.18. The van der Waals surface area contributed by atoms with Gasteiger partial charge in [-0.3, -0.25) is 4.98 Å². The fraction of sp³-hybridized carbons (Fsp3) is 0.118. The lowest BCUT2D eigenvalue weighted by Gasteiger charge is -2.14. The van der Waals surface area contributed by atoms with Crippen molar-refractivity contribution >= 4 is 22.7 Å². The van der Waals surface area contributed by atoms with E-state index in [1.165, 1.54) is 12.1 Å². The molecule has 0 saturated heterocycles. The van der Waals surface area contributed by atoms with Crippen LogP contribution in [0.25, 0.3) is 10.9 Å². The summed E-state index contributed by atoms with van der Waals surface area (Å²) in [6, 6.07) is 16.4. The van der Waals surface area contributed by atoms with Crippen LogP contribution in [0.5, 0.6) is 0 Å². The lowest BCUT2D eigenvalue weighted by molar-refractivity contribution is 0.624. The summed E-state index contributed by atoms with van der Waals surface area (Å²) in [5, 5.41) is 1.08. The van der Waals surface area contributed by atoms with E-state index >= 15 is 0 Å². The molecule has 0 spiro atoms. The molecule has 1 unspecified atom stereocenters. The third-order valence-corrected chi connectivity index (χ3v) is 4.42. The van der Waals surface area contributed by atoms with Gasteiger partial charge in [-0.1, -0.05) is 24.3 Å². The lowest BCUT2D eigenvalue weighted by Crippen LogP contribution is -2.13. The second-order valence-corrected chi connectivity index (χ2v) is 5.89. The van der Waals surface area contributed by atoms with E-state index in [0.717, 1.165) is 21.4 Å². The number of hydrogen-bond donors (Lipinski definition) is 1. The topological polar surface area (TPSA) is 38.9 Å². The molecule has 0 radical (unpaired) electrons. The smallest absolute Gasteiger partial charge is 0.124 e. The molecule has 1 aromatic heterocycles. The summed E-state index contributed by atoms with van der Waals surface area (Å²) in [5.41, 5.74) is 8.32. The predicted molar refractivity (Wildman–Crippen MR) is 85.8 cm³/mol. The standard InChI is InChI=1S/C17H15FN2S/c18-12-4-1-5-13(10-12)21-11-16(19)14-6-2-8-17-15(14)7-3-9-20-17/h1-10,16H,11,19H2. The number of rotatable bonds is 4. The highest BCUT2D eigenvalue weighted by Gasteiger charge is 2.10. The number of fused-ring (bicyclic) bond motifs is 1. The van der Waals surface area contributed by atoms with E-state index in [0.29, 0.717) is 5.75 Å². The molecule has 3 rings (SSSR count). The summed E-state index contributed by atoms with van der Waals surface area (Å²) in [7, 11) is 0. The lowest BCUT2D eigenvalue weighted by atomic mass is 10.0. The fourth-order valence-electron chi connectivity index (χ4n) is 2.28. The first-order chi connectivity index (χ1) is 10.2. The van der Waals surface area contributed by atoms with Gasteiger partial charge in [-0.25, -0.2) is 4.39 Å². The van der Waals surface area contributed by atoms with Gasteiger partial charge in [0.2, 0.25) is 0 Å². The van der Waals surface area contributed by atoms with Crippen molar-refractivity contribution in [3.05, 3.63) is 72.2 Å². The molecule has 1 atom stereocenters. The van der Waals surface area contributed by atoms with Crippen molar-refractivity contribution in [2.75, 3.05) is 5.75 Å². The minimum Gasteiger partial charge on any atom is -0.323 e. The summed E-state index contributed by atoms with van der Waals surface area (Å²) in [6.45, 7) is 0. The monoisotopic (exact) mass is 298 g/mol. The first-order valence-corrected chi connectivity index (χ1v) is 7.70. The summed E-state index contributed by atoms with van der Waals surface area (Å²) in [4.78, 5) is 5.23. The van der Waals surface area contributed by atoms with E-state index in [1.54, 1.807) is 24.0 Å². The van der Waals surface area contributed by atoms with E-state index in [2.05, 4.69) is 4.98 Å². The van der Waals surface area contributed by atoms with Crippen molar-refractivity contribution < 1.29 is 4.39 Å². The van der Waals surface area contributed by atoms with Gasteiger partial charge in [0.15, 0.2) is 0 Å². The van der Waals surface area contributed by atoms with Crippen LogP contribution in [0.3, 0.4) is 0 Å². The summed E-state index contributed by atoms with van der Waals surface area (Å²) in [6.07, 6.45) is 1.78. The Balaban J connectivity index is 1.79. The number of thioether (sulfide) groups is 1. The molecule has 0 bridgehead atoms. The van der Waals surface area contributed by atoms with Gasteiger partial charge in [0.1, 0.15) is 5.82 Å². The van der Waals surface area contributed by atoms with E-state index < -0.39 is 0 Å². The second-order valence-electron chi connectivity index (χ2n) is 4.79. The van der Waals surface area contributed by atoms with Crippen molar-refractivity contribution in [1.29, 1.82) is 0 Å². The maximum absolute atomic E-state index is 13.2. The Morgan fingerprint density at radius 3 is 2.81 bits per heavy atom. The molecule has 0 fully saturated rings. The first kappa shape index (κ1) is 14.0. The Bertz CT molecular complexity index is 755. The van der Waals surface area contributed by atoms with Gasteiger partial charge < -0.3 is 5.73 Å². The van der Waals surface area contributed by atoms with Crippen LogP contribution in [0.1, 0.15) is 11.6 Å². The average Bonchev–Trinajstić information content (AvgIpc) is 2.52. The molecule has 0 saturated carbocycles. The van der Waals surface area contributed by atoms with E-state index in [9.17, 15) is 4.39 Å². The Labute approximate surface area is 127 Å². The zero-order valence-corrected chi connectivity index (χ0v) is 12.2. The number of hydrogen-bond acceptors (Lipinski definition) is 3. The molecule has 2 nitrogen and oxygen atoms in total. The molecular formula is C17H15FN2S. The van der Waals surface area contributed by atoms with Gasteiger partial charge in [0, 0.05) is 28.3 Å². The quantitative estimate of drug-likeness (QED) is 0.735. The fourth-order valence-corrected chi connectivity index (χ4v) is 3.21. The normalized spacial score (nSPS) is 12.5. The molecule has 0 amide bonds. The van der Waals surface area contributed by atoms with Crippen molar-refractivity contribution in [2.45, 2.75) is 10.9 Å². The van der Waals surface area contributed by atoms with Gasteiger partial charge in [-0.2, -0.15) is 0 Å². The third kappa shape index (κ3) is 3.23. The van der Waals surface area contributed by atoms with Crippen molar-refractivity contribution in [1.82, 2.24) is 4.98 Å². The highest BCUT2D eigenvalue weighted by atomic mass is 32.2. The SMILES string of the molecule is NC(CSc1cccc(F)c1)c1cccc2ncccc12. The number of aromatic nitrogens is 1. The number of benzene rings is 2. The van der Waals surface area contributed by atoms with Gasteiger partial charge in [-0.15, -0.1) is 11.8 Å². The van der Waals surface area contributed by atoms with E-state index in [1.807, 2.05) is 36.4 Å². The van der Waals surface area contributed by atoms with Crippen molar-refractivity contribution in [3.63, 3.8) is 0 Å². The number of halogens is 1. The molecule has 0 aliphatic carbocycles. The third-order valence-electron chi connectivity index (χ3n) is 3.30. The Hall–Kier alpha value is -1.91. The molecule has 106 valence electrons. The van der Waals surface area contributed by atoms with Gasteiger partial charge >= 0.3 is 0 Å².